The van der Waals surface area contributed by atoms with E-state index in [0.717, 1.165) is 61.0 Å². The molecule has 0 saturated heterocycles. The van der Waals surface area contributed by atoms with E-state index >= 15 is 0 Å². The van der Waals surface area contributed by atoms with Crippen LogP contribution in [0.4, 0.5) is 0 Å². The summed E-state index contributed by atoms with van der Waals surface area (Å²) in [5.74, 6) is 1.12. The van der Waals surface area contributed by atoms with Crippen molar-refractivity contribution in [3.05, 3.63) is 113 Å². The minimum absolute atomic E-state index is 0. The number of ether oxygens (including phenoxy) is 1. The SMILES string of the molecule is Cc1ccc2c(c1)c1ccc(-n3c4ccc(C(C)C)cc4c4cccnc43)[c-]c1n2-c1[c-]c(C2=N[C@H](C(C)(C)C)CO2)c(C)cc1C.[Pt+2]. The smallest absolute Gasteiger partial charge is 0.518 e. The van der Waals surface area contributed by atoms with E-state index in [9.17, 15) is 0 Å². The van der Waals surface area contributed by atoms with Gasteiger partial charge in [0.25, 0.3) is 0 Å². The van der Waals surface area contributed by atoms with Crippen LogP contribution in [0.3, 0.4) is 0 Å². The van der Waals surface area contributed by atoms with Crippen LogP contribution in [0.25, 0.3) is 55.1 Å². The van der Waals surface area contributed by atoms with Gasteiger partial charge in [0.1, 0.15) is 11.5 Å². The molecule has 244 valence electrons. The summed E-state index contributed by atoms with van der Waals surface area (Å²) in [5.41, 5.74) is 11.9. The monoisotopic (exact) mass is 811 g/mol. The first-order valence-corrected chi connectivity index (χ1v) is 16.6. The number of fused-ring (bicyclic) bond motifs is 6. The summed E-state index contributed by atoms with van der Waals surface area (Å²) in [6.07, 6.45) is 1.88. The third-order valence-corrected chi connectivity index (χ3v) is 9.81. The molecule has 1 aliphatic heterocycles. The largest absolute Gasteiger partial charge is 2.00 e. The Bertz CT molecular complexity index is 2420. The van der Waals surface area contributed by atoms with Crippen molar-refractivity contribution in [3.63, 3.8) is 0 Å². The Kier molecular flexibility index (Phi) is 7.91. The first kappa shape index (κ1) is 32.3. The molecule has 0 N–H and O–H groups in total. The molecular formula is C42H40N4OPt. The van der Waals surface area contributed by atoms with Crippen molar-refractivity contribution in [3.8, 4) is 11.4 Å². The van der Waals surface area contributed by atoms with Gasteiger partial charge < -0.3 is 13.9 Å². The summed E-state index contributed by atoms with van der Waals surface area (Å²) < 4.78 is 10.8. The minimum Gasteiger partial charge on any atom is -0.518 e. The Morgan fingerprint density at radius 2 is 1.56 bits per heavy atom. The number of aryl methyl sites for hydroxylation is 3. The van der Waals surface area contributed by atoms with Crippen LogP contribution in [-0.2, 0) is 25.8 Å². The number of aliphatic imine (C=N–C) groups is 1. The van der Waals surface area contributed by atoms with Crippen molar-refractivity contribution in [1.82, 2.24) is 14.1 Å². The Balaban J connectivity index is 0.00000364. The van der Waals surface area contributed by atoms with Crippen LogP contribution in [0.5, 0.6) is 0 Å². The zero-order valence-electron chi connectivity index (χ0n) is 28.8. The van der Waals surface area contributed by atoms with Gasteiger partial charge in [0.2, 0.25) is 0 Å². The fourth-order valence-corrected chi connectivity index (χ4v) is 7.07. The van der Waals surface area contributed by atoms with Crippen LogP contribution in [0, 0.1) is 38.3 Å². The van der Waals surface area contributed by atoms with Crippen LogP contribution in [0.1, 0.15) is 68.4 Å². The van der Waals surface area contributed by atoms with Gasteiger partial charge in [-0.1, -0.05) is 89.0 Å². The predicted octanol–water partition coefficient (Wildman–Crippen LogP) is 10.1. The number of benzene rings is 4. The van der Waals surface area contributed by atoms with Crippen molar-refractivity contribution in [2.45, 2.75) is 67.3 Å². The number of nitrogens with zero attached hydrogens (tertiary/aromatic N) is 4. The number of hydrogen-bond donors (Lipinski definition) is 0. The quantitative estimate of drug-likeness (QED) is 0.166. The molecule has 0 unspecified atom stereocenters. The standard InChI is InChI=1S/C42H40N4O.Pt/c1-24(2)28-12-16-35-34(20-28)31-10-9-17-43-40(31)45(35)29-13-14-30-33-18-25(3)11-15-36(33)46(38(30)21-29)37-22-32(26(4)19-27(37)5)41-44-39(23-47-41)42(6,7)8;/h9-20,24,39H,23H2,1-8H3;/q-2;+2/t39-;/m0./s1. The van der Waals surface area contributed by atoms with Crippen LogP contribution >= 0.6 is 0 Å². The van der Waals surface area contributed by atoms with Crippen molar-refractivity contribution in [2.75, 3.05) is 6.61 Å². The van der Waals surface area contributed by atoms with Gasteiger partial charge in [-0.05, 0) is 65.2 Å². The van der Waals surface area contributed by atoms with Crippen LogP contribution in [0.15, 0.2) is 77.9 Å². The summed E-state index contributed by atoms with van der Waals surface area (Å²) in [5, 5.41) is 4.71. The maximum Gasteiger partial charge on any atom is 2.00 e. The normalized spacial score (nSPS) is 15.1. The van der Waals surface area contributed by atoms with E-state index in [2.05, 4.69) is 137 Å². The number of pyridine rings is 1. The number of rotatable bonds is 4. The average Bonchev–Trinajstić information content (AvgIpc) is 3.74. The molecular weight excluding hydrogens is 772 g/mol. The van der Waals surface area contributed by atoms with E-state index in [-0.39, 0.29) is 32.5 Å². The molecule has 0 saturated carbocycles. The molecule has 0 bridgehead atoms. The molecule has 1 aliphatic rings. The van der Waals surface area contributed by atoms with E-state index in [0.29, 0.717) is 18.4 Å². The zero-order valence-corrected chi connectivity index (χ0v) is 31.1. The van der Waals surface area contributed by atoms with Gasteiger partial charge in [-0.25, -0.2) is 4.98 Å². The topological polar surface area (TPSA) is 44.3 Å². The molecule has 0 aliphatic carbocycles. The molecule has 0 radical (unpaired) electrons. The van der Waals surface area contributed by atoms with E-state index in [1.54, 1.807) is 0 Å². The summed E-state index contributed by atoms with van der Waals surface area (Å²) >= 11 is 0. The second kappa shape index (κ2) is 11.7. The molecule has 0 spiro atoms. The Morgan fingerprint density at radius 3 is 2.31 bits per heavy atom. The molecule has 5 nitrogen and oxygen atoms in total. The maximum atomic E-state index is 6.23. The van der Waals surface area contributed by atoms with Gasteiger partial charge in [0, 0.05) is 22.5 Å². The Labute approximate surface area is 296 Å². The van der Waals surface area contributed by atoms with Crippen molar-refractivity contribution in [2.24, 2.45) is 10.4 Å². The molecule has 4 heterocycles. The van der Waals surface area contributed by atoms with Gasteiger partial charge in [-0.2, -0.15) is 6.07 Å². The first-order chi connectivity index (χ1) is 22.5. The number of aromatic nitrogens is 3. The average molecular weight is 812 g/mol. The van der Waals surface area contributed by atoms with Gasteiger partial charge >= 0.3 is 21.1 Å². The van der Waals surface area contributed by atoms with Gasteiger partial charge in [0.05, 0.1) is 18.2 Å². The van der Waals surface area contributed by atoms with Crippen LogP contribution in [0.2, 0.25) is 0 Å². The molecule has 0 fully saturated rings. The second-order valence-electron chi connectivity index (χ2n) is 14.6. The molecule has 0 amide bonds. The summed E-state index contributed by atoms with van der Waals surface area (Å²) in [6, 6.07) is 32.1. The van der Waals surface area contributed by atoms with Crippen molar-refractivity contribution in [1.29, 1.82) is 0 Å². The van der Waals surface area contributed by atoms with Crippen molar-refractivity contribution >= 4 is 49.6 Å². The van der Waals surface area contributed by atoms with Crippen LogP contribution < -0.4 is 0 Å². The molecule has 7 aromatic rings. The Morgan fingerprint density at radius 1 is 0.812 bits per heavy atom. The van der Waals surface area contributed by atoms with E-state index in [1.807, 2.05) is 12.3 Å². The first-order valence-electron chi connectivity index (χ1n) is 16.6. The second-order valence-corrected chi connectivity index (χ2v) is 14.6. The summed E-state index contributed by atoms with van der Waals surface area (Å²) in [7, 11) is 0. The van der Waals surface area contributed by atoms with E-state index < -0.39 is 0 Å². The van der Waals surface area contributed by atoms with E-state index in [1.165, 1.54) is 21.9 Å². The van der Waals surface area contributed by atoms with Crippen molar-refractivity contribution < 1.29 is 25.8 Å². The van der Waals surface area contributed by atoms with Gasteiger partial charge in [-0.15, -0.1) is 40.8 Å². The maximum absolute atomic E-state index is 6.23. The molecule has 1 atom stereocenters. The van der Waals surface area contributed by atoms with Gasteiger partial charge in [-0.3, -0.25) is 4.99 Å². The molecule has 48 heavy (non-hydrogen) atoms. The van der Waals surface area contributed by atoms with Gasteiger partial charge in [0.15, 0.2) is 0 Å². The molecule has 3 aromatic heterocycles. The third-order valence-electron chi connectivity index (χ3n) is 9.81. The minimum atomic E-state index is 0. The molecule has 4 aromatic carbocycles. The zero-order chi connectivity index (χ0) is 32.8. The van der Waals surface area contributed by atoms with Crippen LogP contribution in [-0.4, -0.2) is 32.7 Å². The third kappa shape index (κ3) is 5.10. The molecule has 6 heteroatoms. The fourth-order valence-electron chi connectivity index (χ4n) is 7.07. The number of hydrogen-bond acceptors (Lipinski definition) is 3. The predicted molar refractivity (Wildman–Crippen MR) is 195 cm³/mol. The molecule has 8 rings (SSSR count). The Hall–Kier alpha value is -4.21. The summed E-state index contributed by atoms with van der Waals surface area (Å²) in [4.78, 5) is 9.93. The fraction of sp³-hybridized carbons (Fsp3) is 0.286. The summed E-state index contributed by atoms with van der Waals surface area (Å²) in [6.45, 7) is 18.2. The van der Waals surface area contributed by atoms with E-state index in [4.69, 9.17) is 14.7 Å².